The Labute approximate surface area is 144 Å². The number of aryl methyl sites for hydroxylation is 1. The van der Waals surface area contributed by atoms with Crippen LogP contribution in [-0.2, 0) is 11.3 Å². The first-order valence-corrected chi connectivity index (χ1v) is 7.92. The van der Waals surface area contributed by atoms with E-state index in [0.29, 0.717) is 29.2 Å². The van der Waals surface area contributed by atoms with E-state index in [0.717, 1.165) is 13.0 Å². The molecule has 0 saturated carbocycles. The molecule has 10 heteroatoms. The molecular formula is C15H20N8O2. The van der Waals surface area contributed by atoms with E-state index in [2.05, 4.69) is 36.2 Å². The number of amides is 2. The lowest BCUT2D eigenvalue weighted by atomic mass is 10.2. The van der Waals surface area contributed by atoms with Gasteiger partial charge < -0.3 is 19.9 Å². The third-order valence-corrected chi connectivity index (χ3v) is 3.72. The van der Waals surface area contributed by atoms with E-state index < -0.39 is 0 Å². The molecule has 3 rings (SSSR count). The third-order valence-electron chi connectivity index (χ3n) is 3.72. The number of hydrogen-bond donors (Lipinski definition) is 3. The van der Waals surface area contributed by atoms with E-state index in [1.807, 2.05) is 17.6 Å². The van der Waals surface area contributed by atoms with Crippen molar-refractivity contribution in [2.24, 2.45) is 0 Å². The zero-order chi connectivity index (χ0) is 17.6. The molecule has 2 amide bonds. The van der Waals surface area contributed by atoms with Crippen molar-refractivity contribution >= 4 is 22.8 Å². The zero-order valence-corrected chi connectivity index (χ0v) is 14.1. The highest BCUT2D eigenvalue weighted by molar-refractivity contribution is 5.98. The summed E-state index contributed by atoms with van der Waals surface area (Å²) < 4.78 is 6.96. The predicted molar refractivity (Wildman–Crippen MR) is 91.0 cm³/mol. The number of aromatic nitrogens is 6. The highest BCUT2D eigenvalue weighted by atomic mass is 16.5. The molecule has 25 heavy (non-hydrogen) atoms. The highest BCUT2D eigenvalue weighted by Gasteiger charge is 2.16. The number of hydrogen-bond acceptors (Lipinski definition) is 6. The third kappa shape index (κ3) is 3.91. The summed E-state index contributed by atoms with van der Waals surface area (Å²) in [4.78, 5) is 12.3. The number of carbonyl (C=O) groups excluding carboxylic acids is 1. The minimum atomic E-state index is -0.352. The number of para-hydroxylation sites is 1. The van der Waals surface area contributed by atoms with Gasteiger partial charge in [0.2, 0.25) is 0 Å². The first kappa shape index (κ1) is 16.8. The van der Waals surface area contributed by atoms with Gasteiger partial charge in [-0.25, -0.2) is 4.79 Å². The summed E-state index contributed by atoms with van der Waals surface area (Å²) in [6.45, 7) is 3.23. The normalized spacial score (nSPS) is 12.2. The van der Waals surface area contributed by atoms with Gasteiger partial charge in [0.25, 0.3) is 0 Å². The van der Waals surface area contributed by atoms with E-state index >= 15 is 0 Å². The molecule has 132 valence electrons. The van der Waals surface area contributed by atoms with E-state index in [-0.39, 0.29) is 12.1 Å². The van der Waals surface area contributed by atoms with Crippen molar-refractivity contribution in [1.82, 2.24) is 35.5 Å². The molecule has 10 nitrogen and oxygen atoms in total. The summed E-state index contributed by atoms with van der Waals surface area (Å²) in [5.41, 5.74) is 1.87. The number of urea groups is 1. The molecule has 0 bridgehead atoms. The monoisotopic (exact) mass is 344 g/mol. The Hall–Kier alpha value is -3.01. The van der Waals surface area contributed by atoms with Crippen LogP contribution in [0.3, 0.4) is 0 Å². The van der Waals surface area contributed by atoms with Crippen molar-refractivity contribution in [3.05, 3.63) is 30.4 Å². The second-order valence-corrected chi connectivity index (χ2v) is 5.55. The highest BCUT2D eigenvalue weighted by Crippen LogP contribution is 2.19. The molecular weight excluding hydrogens is 324 g/mol. The lowest BCUT2D eigenvalue weighted by Crippen LogP contribution is -2.32. The van der Waals surface area contributed by atoms with Crippen LogP contribution in [0.5, 0.6) is 0 Å². The van der Waals surface area contributed by atoms with Gasteiger partial charge in [-0.2, -0.15) is 15.4 Å². The maximum Gasteiger partial charge on any atom is 0.319 e. The summed E-state index contributed by atoms with van der Waals surface area (Å²) in [5.74, 6) is 0.686. The van der Waals surface area contributed by atoms with Crippen molar-refractivity contribution in [3.8, 4) is 0 Å². The lowest BCUT2D eigenvalue weighted by molar-refractivity contribution is 0.189. The molecule has 0 aliphatic carbocycles. The number of fused-ring (bicyclic) bond motifs is 1. The van der Waals surface area contributed by atoms with Crippen molar-refractivity contribution in [3.63, 3.8) is 0 Å². The van der Waals surface area contributed by atoms with Gasteiger partial charge in [-0.1, -0.05) is 6.07 Å². The van der Waals surface area contributed by atoms with Crippen LogP contribution in [0.2, 0.25) is 0 Å². The Bertz CT molecular complexity index is 843. The molecule has 0 spiro atoms. The summed E-state index contributed by atoms with van der Waals surface area (Å²) in [6, 6.07) is 4.72. The average Bonchev–Trinajstić information content (AvgIpc) is 3.24. The number of ether oxygens (including phenoxy) is 1. The van der Waals surface area contributed by atoms with Crippen LogP contribution in [0.25, 0.3) is 11.0 Å². The number of methoxy groups -OCH3 is 1. The van der Waals surface area contributed by atoms with E-state index in [9.17, 15) is 4.79 Å². The number of nitrogens with zero attached hydrogens (tertiary/aromatic N) is 5. The number of anilines is 1. The number of rotatable bonds is 7. The average molecular weight is 344 g/mol. The fraction of sp³-hybridized carbons (Fsp3) is 0.400. The van der Waals surface area contributed by atoms with Crippen molar-refractivity contribution in [1.29, 1.82) is 0 Å². The van der Waals surface area contributed by atoms with Crippen LogP contribution in [0, 0.1) is 0 Å². The molecule has 0 radical (unpaired) electrons. The van der Waals surface area contributed by atoms with Crippen LogP contribution in [-0.4, -0.2) is 49.9 Å². The summed E-state index contributed by atoms with van der Waals surface area (Å²) in [5, 5.41) is 24.2. The van der Waals surface area contributed by atoms with Gasteiger partial charge >= 0.3 is 6.03 Å². The number of H-pyrrole nitrogens is 1. The summed E-state index contributed by atoms with van der Waals surface area (Å²) in [7, 11) is 1.66. The second-order valence-electron chi connectivity index (χ2n) is 5.55. The number of carbonyl (C=O) groups is 1. The van der Waals surface area contributed by atoms with Crippen LogP contribution < -0.4 is 10.6 Å². The van der Waals surface area contributed by atoms with Gasteiger partial charge in [-0.05, 0) is 25.5 Å². The lowest BCUT2D eigenvalue weighted by Gasteiger charge is -2.15. The van der Waals surface area contributed by atoms with Gasteiger partial charge in [0.15, 0.2) is 5.82 Å². The molecule has 0 aliphatic rings. The van der Waals surface area contributed by atoms with Gasteiger partial charge in [-0.15, -0.1) is 10.2 Å². The minimum absolute atomic E-state index is 0.304. The molecule has 0 unspecified atom stereocenters. The minimum Gasteiger partial charge on any atom is -0.385 e. The first-order valence-electron chi connectivity index (χ1n) is 7.92. The molecule has 1 aromatic carbocycles. The van der Waals surface area contributed by atoms with Gasteiger partial charge in [-0.3, -0.25) is 0 Å². The SMILES string of the molecule is COCCCn1cnnc1[C@H](C)NC(=O)Nc1cccc2n[nH]nc12. The molecule has 2 aromatic heterocycles. The smallest absolute Gasteiger partial charge is 0.319 e. The van der Waals surface area contributed by atoms with E-state index in [1.165, 1.54) is 0 Å². The molecule has 0 fully saturated rings. The maximum atomic E-state index is 12.3. The van der Waals surface area contributed by atoms with Crippen molar-refractivity contribution < 1.29 is 9.53 Å². The van der Waals surface area contributed by atoms with E-state index in [4.69, 9.17) is 4.74 Å². The summed E-state index contributed by atoms with van der Waals surface area (Å²) in [6.07, 6.45) is 2.49. The zero-order valence-electron chi connectivity index (χ0n) is 14.1. The molecule has 0 saturated heterocycles. The quantitative estimate of drug-likeness (QED) is 0.558. The Morgan fingerprint density at radius 3 is 3.12 bits per heavy atom. The van der Waals surface area contributed by atoms with Gasteiger partial charge in [0, 0.05) is 20.3 Å². The predicted octanol–water partition coefficient (Wildman–Crippen LogP) is 1.47. The Balaban J connectivity index is 1.63. The molecule has 3 aromatic rings. The van der Waals surface area contributed by atoms with Crippen LogP contribution in [0.15, 0.2) is 24.5 Å². The standard InChI is InChI=1S/C15H20N8O2/c1-10(14-21-16-9-23(14)7-4-8-25-2)17-15(24)18-11-5-3-6-12-13(11)20-22-19-12/h3,5-6,9-10H,4,7-8H2,1-2H3,(H2,17,18,24)(H,19,20,22)/t10-/m0/s1. The Kier molecular flexibility index (Phi) is 5.19. The van der Waals surface area contributed by atoms with Crippen molar-refractivity contribution in [2.45, 2.75) is 25.9 Å². The molecule has 0 aliphatic heterocycles. The topological polar surface area (TPSA) is 123 Å². The van der Waals surface area contributed by atoms with Crippen LogP contribution in [0.4, 0.5) is 10.5 Å². The molecule has 1 atom stereocenters. The number of benzene rings is 1. The second kappa shape index (κ2) is 7.71. The van der Waals surface area contributed by atoms with Crippen molar-refractivity contribution in [2.75, 3.05) is 19.0 Å². The largest absolute Gasteiger partial charge is 0.385 e. The van der Waals surface area contributed by atoms with Gasteiger partial charge in [0.1, 0.15) is 17.4 Å². The Morgan fingerprint density at radius 1 is 1.40 bits per heavy atom. The van der Waals surface area contributed by atoms with E-state index in [1.54, 1.807) is 25.6 Å². The summed E-state index contributed by atoms with van der Waals surface area (Å²) >= 11 is 0. The fourth-order valence-electron chi connectivity index (χ4n) is 2.54. The van der Waals surface area contributed by atoms with Crippen LogP contribution in [0.1, 0.15) is 25.2 Å². The fourth-order valence-corrected chi connectivity index (χ4v) is 2.54. The molecule has 3 N–H and O–H groups in total. The molecule has 2 heterocycles. The van der Waals surface area contributed by atoms with Crippen LogP contribution >= 0.6 is 0 Å². The number of nitrogens with one attached hydrogen (secondary N) is 3. The maximum absolute atomic E-state index is 12.3. The first-order chi connectivity index (χ1) is 12.2. The Morgan fingerprint density at radius 2 is 2.28 bits per heavy atom. The number of aromatic amines is 1. The van der Waals surface area contributed by atoms with Gasteiger partial charge in [0.05, 0.1) is 11.7 Å².